The summed E-state index contributed by atoms with van der Waals surface area (Å²) >= 11 is 0. The molecule has 0 spiro atoms. The van der Waals surface area contributed by atoms with E-state index in [1.54, 1.807) is 0 Å². The number of carbonyl (C=O) groups is 4. The number of carbonyl (C=O) groups excluding carboxylic acids is 3. The standard InChI is InChI=1S/C20H39N5O5/c1-5-13(4)17(22)19(28)23-11-16(26)24-14(8-6-7-9-21)18(27)25-15(20(29)30)10-12(2)3/h12-15,17H,5-11,21-22H2,1-4H3,(H,23,28)(H,24,26)(H,25,27)(H,29,30). The normalized spacial score (nSPS) is 15.0. The number of carboxylic acid groups (broad SMARTS) is 1. The summed E-state index contributed by atoms with van der Waals surface area (Å²) in [4.78, 5) is 48.3. The zero-order valence-electron chi connectivity index (χ0n) is 18.6. The smallest absolute Gasteiger partial charge is 0.326 e. The summed E-state index contributed by atoms with van der Waals surface area (Å²) in [5.41, 5.74) is 11.3. The Balaban J connectivity index is 4.94. The molecule has 10 heteroatoms. The van der Waals surface area contributed by atoms with Crippen LogP contribution in [0.15, 0.2) is 0 Å². The summed E-state index contributed by atoms with van der Waals surface area (Å²) in [5.74, 6) is -2.65. The van der Waals surface area contributed by atoms with Gasteiger partial charge in [0.15, 0.2) is 0 Å². The van der Waals surface area contributed by atoms with Crippen LogP contribution in [-0.2, 0) is 19.2 Å². The molecule has 3 amide bonds. The summed E-state index contributed by atoms with van der Waals surface area (Å²) in [6.07, 6.45) is 2.55. The highest BCUT2D eigenvalue weighted by atomic mass is 16.4. The average molecular weight is 430 g/mol. The van der Waals surface area contributed by atoms with Crippen molar-refractivity contribution in [3.05, 3.63) is 0 Å². The second-order valence-electron chi connectivity index (χ2n) is 8.06. The SMILES string of the molecule is CCC(C)C(N)C(=O)NCC(=O)NC(CCCCN)C(=O)NC(CC(C)C)C(=O)O. The third-order valence-corrected chi connectivity index (χ3v) is 4.90. The minimum atomic E-state index is -1.13. The lowest BCUT2D eigenvalue weighted by Gasteiger charge is -2.23. The number of unbranched alkanes of at least 4 members (excludes halogenated alkanes) is 1. The molecule has 174 valence electrons. The third kappa shape index (κ3) is 11.1. The van der Waals surface area contributed by atoms with E-state index in [2.05, 4.69) is 16.0 Å². The Kier molecular flexibility index (Phi) is 13.7. The maximum atomic E-state index is 12.6. The number of nitrogens with one attached hydrogen (secondary N) is 3. The molecule has 0 radical (unpaired) electrons. The lowest BCUT2D eigenvalue weighted by atomic mass is 9.99. The molecule has 10 nitrogen and oxygen atoms in total. The number of amides is 3. The molecular formula is C20H39N5O5. The molecule has 4 unspecified atom stereocenters. The maximum absolute atomic E-state index is 12.6. The second kappa shape index (κ2) is 14.7. The van der Waals surface area contributed by atoms with Crippen LogP contribution in [0.4, 0.5) is 0 Å². The third-order valence-electron chi connectivity index (χ3n) is 4.90. The van der Waals surface area contributed by atoms with Gasteiger partial charge in [-0.05, 0) is 44.1 Å². The summed E-state index contributed by atoms with van der Waals surface area (Å²) in [6, 6.07) is -2.68. The van der Waals surface area contributed by atoms with Gasteiger partial charge in [-0.1, -0.05) is 34.1 Å². The fourth-order valence-electron chi connectivity index (χ4n) is 2.77. The maximum Gasteiger partial charge on any atom is 0.326 e. The van der Waals surface area contributed by atoms with Gasteiger partial charge >= 0.3 is 5.97 Å². The molecule has 0 aliphatic rings. The Bertz CT molecular complexity index is 570. The highest BCUT2D eigenvalue weighted by Gasteiger charge is 2.27. The van der Waals surface area contributed by atoms with Gasteiger partial charge in [0.05, 0.1) is 12.6 Å². The number of nitrogens with two attached hydrogens (primary N) is 2. The van der Waals surface area contributed by atoms with Gasteiger partial charge in [0, 0.05) is 0 Å². The Morgan fingerprint density at radius 3 is 2.10 bits per heavy atom. The van der Waals surface area contributed by atoms with E-state index in [0.29, 0.717) is 25.8 Å². The summed E-state index contributed by atoms with van der Waals surface area (Å²) in [7, 11) is 0. The topological polar surface area (TPSA) is 177 Å². The highest BCUT2D eigenvalue weighted by molar-refractivity contribution is 5.92. The van der Waals surface area contributed by atoms with E-state index in [4.69, 9.17) is 11.5 Å². The molecule has 0 aromatic heterocycles. The van der Waals surface area contributed by atoms with E-state index in [9.17, 15) is 24.3 Å². The van der Waals surface area contributed by atoms with Gasteiger partial charge in [0.2, 0.25) is 17.7 Å². The largest absolute Gasteiger partial charge is 0.480 e. The van der Waals surface area contributed by atoms with Crippen LogP contribution in [0.1, 0.15) is 59.8 Å². The number of rotatable bonds is 15. The van der Waals surface area contributed by atoms with E-state index in [0.717, 1.165) is 6.42 Å². The molecule has 8 N–H and O–H groups in total. The molecule has 0 rings (SSSR count). The molecule has 0 aromatic rings. The summed E-state index contributed by atoms with van der Waals surface area (Å²) < 4.78 is 0. The number of hydrogen-bond acceptors (Lipinski definition) is 6. The van der Waals surface area contributed by atoms with Crippen molar-refractivity contribution in [2.24, 2.45) is 23.3 Å². The monoisotopic (exact) mass is 429 g/mol. The first-order valence-electron chi connectivity index (χ1n) is 10.6. The quantitative estimate of drug-likeness (QED) is 0.194. The number of carboxylic acids is 1. The van der Waals surface area contributed by atoms with Gasteiger partial charge in [0.1, 0.15) is 12.1 Å². The second-order valence-corrected chi connectivity index (χ2v) is 8.06. The fraction of sp³-hybridized carbons (Fsp3) is 0.800. The molecule has 0 aliphatic heterocycles. The van der Waals surface area contributed by atoms with Crippen LogP contribution < -0.4 is 27.4 Å². The Morgan fingerprint density at radius 2 is 1.60 bits per heavy atom. The first kappa shape index (κ1) is 27.8. The van der Waals surface area contributed by atoms with E-state index in [1.807, 2.05) is 27.7 Å². The van der Waals surface area contributed by atoms with Crippen molar-refractivity contribution in [3.8, 4) is 0 Å². The van der Waals surface area contributed by atoms with Gasteiger partial charge in [-0.3, -0.25) is 14.4 Å². The van der Waals surface area contributed by atoms with Crippen molar-refractivity contribution in [2.45, 2.75) is 77.9 Å². The lowest BCUT2D eigenvalue weighted by Crippen LogP contribution is -2.54. The molecule has 0 saturated heterocycles. The van der Waals surface area contributed by atoms with Crippen molar-refractivity contribution in [2.75, 3.05) is 13.1 Å². The van der Waals surface area contributed by atoms with E-state index < -0.39 is 41.8 Å². The van der Waals surface area contributed by atoms with Gasteiger partial charge in [-0.15, -0.1) is 0 Å². The Hall–Kier alpha value is -2.20. The van der Waals surface area contributed by atoms with Crippen molar-refractivity contribution in [1.29, 1.82) is 0 Å². The minimum absolute atomic E-state index is 0.0308. The van der Waals surface area contributed by atoms with E-state index in [-0.39, 0.29) is 24.8 Å². The predicted molar refractivity (Wildman–Crippen MR) is 114 cm³/mol. The molecule has 4 atom stereocenters. The van der Waals surface area contributed by atoms with E-state index >= 15 is 0 Å². The van der Waals surface area contributed by atoms with Crippen LogP contribution in [0.3, 0.4) is 0 Å². The number of hydrogen-bond donors (Lipinski definition) is 6. The minimum Gasteiger partial charge on any atom is -0.480 e. The van der Waals surface area contributed by atoms with Crippen molar-refractivity contribution < 1.29 is 24.3 Å². The van der Waals surface area contributed by atoms with Gasteiger partial charge in [-0.2, -0.15) is 0 Å². The predicted octanol–water partition coefficient (Wildman–Crippen LogP) is -0.295. The van der Waals surface area contributed by atoms with Gasteiger partial charge < -0.3 is 32.5 Å². The zero-order valence-corrected chi connectivity index (χ0v) is 18.6. The van der Waals surface area contributed by atoms with Crippen LogP contribution in [-0.4, -0.2) is 60.0 Å². The first-order valence-corrected chi connectivity index (χ1v) is 10.6. The van der Waals surface area contributed by atoms with E-state index in [1.165, 1.54) is 0 Å². The number of aliphatic carboxylic acids is 1. The fourth-order valence-corrected chi connectivity index (χ4v) is 2.77. The molecule has 0 aromatic carbocycles. The van der Waals surface area contributed by atoms with Crippen LogP contribution >= 0.6 is 0 Å². The van der Waals surface area contributed by atoms with Crippen LogP contribution in [0.5, 0.6) is 0 Å². The van der Waals surface area contributed by atoms with Gasteiger partial charge in [-0.25, -0.2) is 4.79 Å². The van der Waals surface area contributed by atoms with Crippen molar-refractivity contribution in [3.63, 3.8) is 0 Å². The Labute approximate surface area is 178 Å². The molecule has 0 fully saturated rings. The molecule has 0 saturated carbocycles. The van der Waals surface area contributed by atoms with Gasteiger partial charge in [0.25, 0.3) is 0 Å². The summed E-state index contributed by atoms with van der Waals surface area (Å²) in [6.45, 7) is 7.59. The van der Waals surface area contributed by atoms with Crippen molar-refractivity contribution >= 4 is 23.7 Å². The Morgan fingerprint density at radius 1 is 0.967 bits per heavy atom. The summed E-state index contributed by atoms with van der Waals surface area (Å²) in [5, 5.41) is 16.9. The molecule has 0 aliphatic carbocycles. The average Bonchev–Trinajstić information content (AvgIpc) is 2.69. The lowest BCUT2D eigenvalue weighted by molar-refractivity contribution is -0.142. The first-order chi connectivity index (χ1) is 14.0. The van der Waals surface area contributed by atoms with Crippen LogP contribution in [0.2, 0.25) is 0 Å². The molecule has 30 heavy (non-hydrogen) atoms. The molecular weight excluding hydrogens is 390 g/mol. The molecule has 0 heterocycles. The van der Waals surface area contributed by atoms with Crippen LogP contribution in [0, 0.1) is 11.8 Å². The van der Waals surface area contributed by atoms with Crippen LogP contribution in [0.25, 0.3) is 0 Å². The van der Waals surface area contributed by atoms with Crippen molar-refractivity contribution in [1.82, 2.24) is 16.0 Å². The highest BCUT2D eigenvalue weighted by Crippen LogP contribution is 2.08. The molecule has 0 bridgehead atoms. The zero-order chi connectivity index (χ0) is 23.3.